The van der Waals surface area contributed by atoms with Gasteiger partial charge in [0.05, 0.1) is 43.4 Å². The molecule has 0 saturated heterocycles. The first-order chi connectivity index (χ1) is 20.3. The molecule has 0 aliphatic carbocycles. The number of nitrogens with one attached hydrogen (secondary N) is 2. The third kappa shape index (κ3) is 8.55. The number of ether oxygens (including phenoxy) is 3. The summed E-state index contributed by atoms with van der Waals surface area (Å²) in [5.74, 6) is 0.906. The highest BCUT2D eigenvalue weighted by Gasteiger charge is 2.29. The standard InChI is InChI=1S/C29H33N3O6.C2H6.CH4S/c1-5-37-21-9-12-32(17-24-22-8-10-31-28(22)18(2)14-26(24)36-4)25(16-21)23-7-6-20(29(34)35)15-27(23)38-13-11-30-19(3)33;2*1-2/h6-10,14-15,31H,5,11-13,16-17H2,1-4H3,(H-,30,33,34,35);1-2H3;2H,1H3/p+1. The largest absolute Gasteiger partial charge is 0.498 e. The van der Waals surface area contributed by atoms with Crippen LogP contribution in [0.25, 0.3) is 10.9 Å². The minimum atomic E-state index is -1.04. The lowest BCUT2D eigenvalue weighted by molar-refractivity contribution is -0.536. The normalized spacial score (nSPS) is 12.3. The lowest BCUT2D eigenvalue weighted by Gasteiger charge is -2.20. The van der Waals surface area contributed by atoms with Gasteiger partial charge >= 0.3 is 5.97 Å². The molecular formula is C32H44N3O6S+. The number of amides is 1. The van der Waals surface area contributed by atoms with Crippen LogP contribution in [0, 0.1) is 6.92 Å². The number of carboxylic acids is 1. The van der Waals surface area contributed by atoms with E-state index >= 15 is 0 Å². The van der Waals surface area contributed by atoms with Crippen LogP contribution in [0.4, 0.5) is 0 Å². The molecule has 42 heavy (non-hydrogen) atoms. The maximum absolute atomic E-state index is 11.7. The average molecular weight is 599 g/mol. The summed E-state index contributed by atoms with van der Waals surface area (Å²) in [4.78, 5) is 26.3. The Balaban J connectivity index is 0.00000148. The Labute approximate surface area is 254 Å². The first-order valence-corrected chi connectivity index (χ1v) is 15.0. The lowest BCUT2D eigenvalue weighted by Crippen LogP contribution is -2.29. The summed E-state index contributed by atoms with van der Waals surface area (Å²) < 4.78 is 19.9. The number of hydrogen-bond acceptors (Lipinski definition) is 6. The summed E-state index contributed by atoms with van der Waals surface area (Å²) in [5, 5.41) is 13.4. The van der Waals surface area contributed by atoms with E-state index in [1.165, 1.54) is 13.0 Å². The number of carbonyl (C=O) groups excluding carboxylic acids is 1. The zero-order valence-electron chi connectivity index (χ0n) is 25.7. The van der Waals surface area contributed by atoms with E-state index in [0.717, 1.165) is 44.8 Å². The van der Waals surface area contributed by atoms with Crippen LogP contribution in [0.2, 0.25) is 0 Å². The Hall–Kier alpha value is -3.92. The maximum atomic E-state index is 11.7. The second-order valence-electron chi connectivity index (χ2n) is 9.10. The maximum Gasteiger partial charge on any atom is 0.335 e. The van der Waals surface area contributed by atoms with E-state index in [4.69, 9.17) is 14.2 Å². The van der Waals surface area contributed by atoms with Gasteiger partial charge in [0.2, 0.25) is 5.91 Å². The van der Waals surface area contributed by atoms with Gasteiger partial charge in [0.15, 0.2) is 18.8 Å². The lowest BCUT2D eigenvalue weighted by atomic mass is 9.99. The van der Waals surface area contributed by atoms with Crippen molar-refractivity contribution in [3.05, 3.63) is 70.6 Å². The third-order valence-electron chi connectivity index (χ3n) is 6.55. The molecule has 0 bridgehead atoms. The van der Waals surface area contributed by atoms with Crippen molar-refractivity contribution in [2.75, 3.05) is 39.7 Å². The number of aromatic carboxylic acids is 1. The van der Waals surface area contributed by atoms with Crippen molar-refractivity contribution in [1.82, 2.24) is 10.3 Å². The number of rotatable bonds is 11. The van der Waals surface area contributed by atoms with Crippen molar-refractivity contribution in [2.24, 2.45) is 0 Å². The van der Waals surface area contributed by atoms with Gasteiger partial charge < -0.3 is 29.6 Å². The van der Waals surface area contributed by atoms with E-state index in [0.29, 0.717) is 38.4 Å². The molecule has 228 valence electrons. The molecule has 1 amide bonds. The Morgan fingerprint density at radius 3 is 2.50 bits per heavy atom. The molecule has 1 aromatic heterocycles. The molecule has 0 spiro atoms. The number of methoxy groups -OCH3 is 1. The van der Waals surface area contributed by atoms with Gasteiger partial charge in [0.1, 0.15) is 23.9 Å². The Morgan fingerprint density at radius 2 is 1.86 bits per heavy atom. The number of carbonyl (C=O) groups is 2. The van der Waals surface area contributed by atoms with Crippen LogP contribution in [-0.4, -0.2) is 71.9 Å². The highest BCUT2D eigenvalue weighted by Crippen LogP contribution is 2.33. The summed E-state index contributed by atoms with van der Waals surface area (Å²) in [6, 6.07) is 9.00. The van der Waals surface area contributed by atoms with Gasteiger partial charge in [-0.2, -0.15) is 12.6 Å². The molecular weight excluding hydrogens is 554 g/mol. The van der Waals surface area contributed by atoms with Crippen molar-refractivity contribution < 1.29 is 33.5 Å². The number of fused-ring (bicyclic) bond motifs is 1. The Kier molecular flexibility index (Phi) is 14.0. The van der Waals surface area contributed by atoms with E-state index < -0.39 is 5.97 Å². The number of thiol groups is 1. The van der Waals surface area contributed by atoms with Crippen LogP contribution in [0.5, 0.6) is 11.5 Å². The average Bonchev–Trinajstić information content (AvgIpc) is 3.50. The quantitative estimate of drug-likeness (QED) is 0.130. The second-order valence-corrected chi connectivity index (χ2v) is 9.10. The van der Waals surface area contributed by atoms with Gasteiger partial charge in [-0.3, -0.25) is 4.79 Å². The fourth-order valence-electron chi connectivity index (χ4n) is 4.77. The molecule has 3 aromatic rings. The number of aromatic amines is 1. The number of hydrogen-bond donors (Lipinski definition) is 4. The molecule has 2 heterocycles. The molecule has 0 unspecified atom stereocenters. The van der Waals surface area contributed by atoms with E-state index in [9.17, 15) is 14.7 Å². The topological polar surface area (TPSA) is 113 Å². The summed E-state index contributed by atoms with van der Waals surface area (Å²) in [6.07, 6.45) is 6.22. The fourth-order valence-corrected chi connectivity index (χ4v) is 4.77. The van der Waals surface area contributed by atoms with Crippen molar-refractivity contribution >= 4 is 41.1 Å². The van der Waals surface area contributed by atoms with E-state index in [-0.39, 0.29) is 18.1 Å². The second kappa shape index (κ2) is 17.1. The van der Waals surface area contributed by atoms with Crippen molar-refractivity contribution in [3.63, 3.8) is 0 Å². The number of aryl methyl sites for hydroxylation is 1. The number of carboxylic acid groups (broad SMARTS) is 1. The monoisotopic (exact) mass is 598 g/mol. The number of allylic oxidation sites excluding steroid dienone is 1. The molecule has 0 radical (unpaired) electrons. The molecule has 3 N–H and O–H groups in total. The molecule has 0 saturated carbocycles. The van der Waals surface area contributed by atoms with Gasteiger partial charge in [-0.25, -0.2) is 9.37 Å². The molecule has 1 aliphatic rings. The van der Waals surface area contributed by atoms with Crippen LogP contribution < -0.4 is 14.8 Å². The minimum absolute atomic E-state index is 0.126. The predicted octanol–water partition coefficient (Wildman–Crippen LogP) is 5.60. The summed E-state index contributed by atoms with van der Waals surface area (Å²) >= 11 is 3.53. The molecule has 10 heteroatoms. The highest BCUT2D eigenvalue weighted by atomic mass is 32.1. The highest BCUT2D eigenvalue weighted by molar-refractivity contribution is 7.79. The van der Waals surface area contributed by atoms with Crippen LogP contribution in [-0.2, 0) is 16.1 Å². The van der Waals surface area contributed by atoms with Gasteiger partial charge in [-0.15, -0.1) is 0 Å². The summed E-state index contributed by atoms with van der Waals surface area (Å²) in [5.41, 5.74) is 5.08. The Bertz CT molecular complexity index is 1430. The SMILES string of the molecule is CC.CCOC1=CC[N+](Cc2c(OC)cc(C)c3[nH]ccc23)=C(c2ccc(C(=O)O)cc2OCCNC(C)=O)C1.CS. The molecule has 1 aliphatic heterocycles. The summed E-state index contributed by atoms with van der Waals surface area (Å²) in [7, 11) is 1.68. The van der Waals surface area contributed by atoms with Crippen molar-refractivity contribution in [1.29, 1.82) is 0 Å². The molecule has 4 rings (SSSR count). The third-order valence-corrected chi connectivity index (χ3v) is 6.55. The summed E-state index contributed by atoms with van der Waals surface area (Å²) in [6.45, 7) is 11.7. The Morgan fingerprint density at radius 1 is 1.12 bits per heavy atom. The van der Waals surface area contributed by atoms with Gasteiger partial charge in [0, 0.05) is 30.1 Å². The van der Waals surface area contributed by atoms with Crippen LogP contribution in [0.3, 0.4) is 0 Å². The minimum Gasteiger partial charge on any atom is -0.498 e. The number of benzene rings is 2. The van der Waals surface area contributed by atoms with E-state index in [1.54, 1.807) is 25.5 Å². The zero-order valence-corrected chi connectivity index (χ0v) is 26.6. The first-order valence-electron chi connectivity index (χ1n) is 14.1. The number of nitrogens with zero attached hydrogens (tertiary/aromatic N) is 1. The smallest absolute Gasteiger partial charge is 0.335 e. The van der Waals surface area contributed by atoms with Crippen LogP contribution in [0.1, 0.15) is 61.2 Å². The van der Waals surface area contributed by atoms with Crippen molar-refractivity contribution in [2.45, 2.75) is 47.6 Å². The number of aromatic nitrogens is 1. The number of H-pyrrole nitrogens is 1. The van der Waals surface area contributed by atoms with E-state index in [1.807, 2.05) is 33.0 Å². The molecule has 0 atom stereocenters. The molecule has 2 aromatic carbocycles. The van der Waals surface area contributed by atoms with Crippen molar-refractivity contribution in [3.8, 4) is 11.5 Å². The van der Waals surface area contributed by atoms with Gasteiger partial charge in [-0.05, 0) is 56.0 Å². The van der Waals surface area contributed by atoms with Crippen LogP contribution >= 0.6 is 12.6 Å². The van der Waals surface area contributed by atoms with E-state index in [2.05, 4.69) is 46.6 Å². The van der Waals surface area contributed by atoms with Gasteiger partial charge in [-0.1, -0.05) is 13.8 Å². The van der Waals surface area contributed by atoms with Crippen LogP contribution in [0.15, 0.2) is 48.4 Å². The molecule has 9 nitrogen and oxygen atoms in total. The predicted molar refractivity (Wildman–Crippen MR) is 171 cm³/mol. The zero-order chi connectivity index (χ0) is 31.2. The fraction of sp³-hybridized carbons (Fsp3) is 0.406. The van der Waals surface area contributed by atoms with Gasteiger partial charge in [0.25, 0.3) is 0 Å². The molecule has 0 fully saturated rings. The first kappa shape index (κ1) is 34.3.